The van der Waals surface area contributed by atoms with E-state index in [1.807, 2.05) is 6.92 Å². The molecule has 96 valence electrons. The smallest absolute Gasteiger partial charge is 0.232 e. The largest absolute Gasteiger partial charge is 0.254 e. The predicted molar refractivity (Wildman–Crippen MR) is 68.9 cm³/mol. The van der Waals surface area contributed by atoms with Gasteiger partial charge in [-0.2, -0.15) is 4.31 Å². The van der Waals surface area contributed by atoms with E-state index in [1.54, 1.807) is 4.31 Å². The topological polar surface area (TPSA) is 50.3 Å². The van der Waals surface area contributed by atoms with Gasteiger partial charge in [-0.25, -0.2) is 13.4 Å². The van der Waals surface area contributed by atoms with Crippen LogP contribution in [0.15, 0.2) is 10.4 Å². The lowest BCUT2D eigenvalue weighted by atomic mass is 9.97. The van der Waals surface area contributed by atoms with Gasteiger partial charge in [0.15, 0.2) is 8.68 Å². The van der Waals surface area contributed by atoms with Crippen molar-refractivity contribution in [3.63, 3.8) is 0 Å². The first-order valence-corrected chi connectivity index (χ1v) is 8.18. The molecule has 1 fully saturated rings. The summed E-state index contributed by atoms with van der Waals surface area (Å²) in [5.41, 5.74) is 0. The van der Waals surface area contributed by atoms with Crippen molar-refractivity contribution in [1.29, 1.82) is 0 Å². The first-order chi connectivity index (χ1) is 7.91. The summed E-state index contributed by atoms with van der Waals surface area (Å²) in [4.78, 5) is 3.80. The maximum atomic E-state index is 12.4. The number of thiazole rings is 1. The molecule has 1 aliphatic heterocycles. The summed E-state index contributed by atoms with van der Waals surface area (Å²) in [6, 6.07) is 0.0528. The Morgan fingerprint density at radius 3 is 2.76 bits per heavy atom. The number of aromatic nitrogens is 1. The van der Waals surface area contributed by atoms with E-state index >= 15 is 0 Å². The van der Waals surface area contributed by atoms with Crippen molar-refractivity contribution in [3.8, 4) is 0 Å². The lowest BCUT2D eigenvalue weighted by molar-refractivity contribution is 0.218. The highest BCUT2D eigenvalue weighted by Gasteiger charge is 2.34. The molecule has 0 saturated carbocycles. The van der Waals surface area contributed by atoms with Gasteiger partial charge in [0.2, 0.25) is 0 Å². The fourth-order valence-electron chi connectivity index (χ4n) is 2.06. The molecular formula is C10H15ClN2O2S2. The summed E-state index contributed by atoms with van der Waals surface area (Å²) < 4.78 is 26.9. The molecular weight excluding hydrogens is 280 g/mol. The fraction of sp³-hybridized carbons (Fsp3) is 0.700. The van der Waals surface area contributed by atoms with E-state index in [2.05, 4.69) is 11.9 Å². The Labute approximate surface area is 111 Å². The fourth-order valence-corrected chi connectivity index (χ4v) is 5.26. The molecule has 0 N–H and O–H groups in total. The van der Waals surface area contributed by atoms with E-state index in [4.69, 9.17) is 11.6 Å². The third-order valence-electron chi connectivity index (χ3n) is 3.08. The highest BCUT2D eigenvalue weighted by molar-refractivity contribution is 7.91. The Kier molecular flexibility index (Phi) is 3.77. The van der Waals surface area contributed by atoms with Crippen molar-refractivity contribution in [2.45, 2.75) is 36.9 Å². The third-order valence-corrected chi connectivity index (χ3v) is 6.61. The van der Waals surface area contributed by atoms with Crippen LogP contribution in [0.4, 0.5) is 0 Å². The molecule has 0 bridgehead atoms. The Bertz CT molecular complexity index is 500. The van der Waals surface area contributed by atoms with Gasteiger partial charge in [0, 0.05) is 12.6 Å². The number of halogens is 1. The van der Waals surface area contributed by atoms with Crippen LogP contribution >= 0.6 is 22.9 Å². The van der Waals surface area contributed by atoms with Gasteiger partial charge in [0.1, 0.15) is 0 Å². The van der Waals surface area contributed by atoms with Crippen LogP contribution in [0, 0.1) is 5.92 Å². The number of hydrogen-bond donors (Lipinski definition) is 0. The quantitative estimate of drug-likeness (QED) is 0.842. The van der Waals surface area contributed by atoms with Gasteiger partial charge in [0.25, 0.3) is 10.0 Å². The maximum Gasteiger partial charge on any atom is 0.254 e. The minimum Gasteiger partial charge on any atom is -0.232 e. The van der Waals surface area contributed by atoms with E-state index in [0.29, 0.717) is 12.5 Å². The number of nitrogens with zero attached hydrogens (tertiary/aromatic N) is 2. The van der Waals surface area contributed by atoms with Crippen molar-refractivity contribution in [2.24, 2.45) is 5.92 Å². The Hall–Kier alpha value is -0.170. The number of piperidine rings is 1. The zero-order chi connectivity index (χ0) is 12.6. The normalized spacial score (nSPS) is 27.2. The van der Waals surface area contributed by atoms with Crippen molar-refractivity contribution >= 4 is 33.0 Å². The monoisotopic (exact) mass is 294 g/mol. The molecule has 2 rings (SSSR count). The average Bonchev–Trinajstić information content (AvgIpc) is 2.69. The molecule has 7 heteroatoms. The molecule has 1 aromatic heterocycles. The zero-order valence-corrected chi connectivity index (χ0v) is 12.1. The average molecular weight is 295 g/mol. The molecule has 0 aliphatic carbocycles. The van der Waals surface area contributed by atoms with Gasteiger partial charge in [-0.05, 0) is 25.7 Å². The van der Waals surface area contributed by atoms with Crippen molar-refractivity contribution in [1.82, 2.24) is 9.29 Å². The van der Waals surface area contributed by atoms with Crippen LogP contribution in [-0.2, 0) is 10.0 Å². The standard InChI is InChI=1S/C10H15ClN2O2S2/c1-7-3-4-8(2)13(6-7)17(14,15)9-5-12-10(11)16-9/h5,7-8H,3-4,6H2,1-2H3. The minimum atomic E-state index is -3.42. The van der Waals surface area contributed by atoms with Crippen LogP contribution < -0.4 is 0 Å². The second-order valence-electron chi connectivity index (χ2n) is 4.54. The zero-order valence-electron chi connectivity index (χ0n) is 9.76. The Balaban J connectivity index is 2.31. The molecule has 0 amide bonds. The first-order valence-electron chi connectivity index (χ1n) is 5.54. The molecule has 0 aromatic carbocycles. The lowest BCUT2D eigenvalue weighted by Crippen LogP contribution is -2.44. The van der Waals surface area contributed by atoms with Gasteiger partial charge in [-0.15, -0.1) is 0 Å². The lowest BCUT2D eigenvalue weighted by Gasteiger charge is -2.35. The van der Waals surface area contributed by atoms with E-state index in [1.165, 1.54) is 6.20 Å². The second kappa shape index (κ2) is 4.84. The highest BCUT2D eigenvalue weighted by Crippen LogP contribution is 2.31. The number of hydrogen-bond acceptors (Lipinski definition) is 4. The Morgan fingerprint density at radius 1 is 1.47 bits per heavy atom. The predicted octanol–water partition coefficient (Wildman–Crippen LogP) is 2.61. The molecule has 2 unspecified atom stereocenters. The van der Waals surface area contributed by atoms with Gasteiger partial charge in [0.05, 0.1) is 6.20 Å². The number of rotatable bonds is 2. The molecule has 1 aromatic rings. The molecule has 4 nitrogen and oxygen atoms in total. The van der Waals surface area contributed by atoms with Crippen LogP contribution in [0.5, 0.6) is 0 Å². The minimum absolute atomic E-state index is 0.0528. The molecule has 0 spiro atoms. The van der Waals surface area contributed by atoms with Gasteiger partial charge < -0.3 is 0 Å². The van der Waals surface area contributed by atoms with E-state index < -0.39 is 10.0 Å². The third kappa shape index (κ3) is 2.65. The summed E-state index contributed by atoms with van der Waals surface area (Å²) in [5.74, 6) is 0.407. The molecule has 0 radical (unpaired) electrons. The van der Waals surface area contributed by atoms with Gasteiger partial charge >= 0.3 is 0 Å². The summed E-state index contributed by atoms with van der Waals surface area (Å²) in [7, 11) is -3.42. The van der Waals surface area contributed by atoms with Crippen LogP contribution in [0.3, 0.4) is 0 Å². The molecule has 1 saturated heterocycles. The molecule has 1 aliphatic rings. The van der Waals surface area contributed by atoms with Crippen molar-refractivity contribution in [2.75, 3.05) is 6.54 Å². The summed E-state index contributed by atoms with van der Waals surface area (Å²) >= 11 is 6.71. The van der Waals surface area contributed by atoms with Crippen LogP contribution in [0.25, 0.3) is 0 Å². The van der Waals surface area contributed by atoms with E-state index in [0.717, 1.165) is 24.2 Å². The highest BCUT2D eigenvalue weighted by atomic mass is 35.5. The summed E-state index contributed by atoms with van der Waals surface area (Å²) in [6.07, 6.45) is 3.33. The summed E-state index contributed by atoms with van der Waals surface area (Å²) in [6.45, 7) is 4.61. The molecule has 2 atom stereocenters. The summed E-state index contributed by atoms with van der Waals surface area (Å²) in [5, 5.41) is 0. The van der Waals surface area contributed by atoms with Gasteiger partial charge in [-0.1, -0.05) is 29.9 Å². The number of sulfonamides is 1. The van der Waals surface area contributed by atoms with Crippen LogP contribution in [-0.4, -0.2) is 30.3 Å². The van der Waals surface area contributed by atoms with Crippen LogP contribution in [0.1, 0.15) is 26.7 Å². The SMILES string of the molecule is CC1CCC(C)N(S(=O)(=O)c2cnc(Cl)s2)C1. The Morgan fingerprint density at radius 2 is 2.18 bits per heavy atom. The van der Waals surface area contributed by atoms with Crippen LogP contribution in [0.2, 0.25) is 4.47 Å². The van der Waals surface area contributed by atoms with E-state index in [9.17, 15) is 8.42 Å². The van der Waals surface area contributed by atoms with Crippen molar-refractivity contribution < 1.29 is 8.42 Å². The molecule has 2 heterocycles. The van der Waals surface area contributed by atoms with E-state index in [-0.39, 0.29) is 14.7 Å². The van der Waals surface area contributed by atoms with Gasteiger partial charge in [-0.3, -0.25) is 0 Å². The molecule has 17 heavy (non-hydrogen) atoms. The maximum absolute atomic E-state index is 12.4. The first kappa shape index (κ1) is 13.3. The second-order valence-corrected chi connectivity index (χ2v) is 8.27. The van der Waals surface area contributed by atoms with Crippen molar-refractivity contribution in [3.05, 3.63) is 10.7 Å².